The molecule has 0 aliphatic carbocycles. The summed E-state index contributed by atoms with van der Waals surface area (Å²) in [5, 5.41) is 0. The first-order valence-corrected chi connectivity index (χ1v) is 6.79. The molecule has 0 fully saturated rings. The molecular formula is C10H8F6N2O3S. The molecule has 0 heterocycles. The number of alkyl halides is 6. The highest BCUT2D eigenvalue weighted by Gasteiger charge is 2.61. The van der Waals surface area contributed by atoms with Crippen LogP contribution in [0, 0.1) is 5.92 Å². The molecule has 0 bridgehead atoms. The molecular weight excluding hydrogens is 342 g/mol. The van der Waals surface area contributed by atoms with E-state index >= 15 is 0 Å². The minimum Gasteiger partial charge on any atom is -0.399 e. The van der Waals surface area contributed by atoms with Crippen molar-refractivity contribution in [2.75, 3.05) is 5.73 Å². The summed E-state index contributed by atoms with van der Waals surface area (Å²) >= 11 is 0. The Kier molecular flexibility index (Phi) is 4.65. The summed E-state index contributed by atoms with van der Waals surface area (Å²) < 4.78 is 97.8. The highest BCUT2D eigenvalue weighted by molar-refractivity contribution is 7.90. The van der Waals surface area contributed by atoms with Crippen LogP contribution in [0.25, 0.3) is 0 Å². The van der Waals surface area contributed by atoms with Crippen molar-refractivity contribution in [3.63, 3.8) is 0 Å². The van der Waals surface area contributed by atoms with Crippen molar-refractivity contribution < 1.29 is 39.6 Å². The summed E-state index contributed by atoms with van der Waals surface area (Å²) in [5.41, 5.74) is 5.36. The molecule has 0 atom stereocenters. The van der Waals surface area contributed by atoms with Gasteiger partial charge in [0.2, 0.25) is 5.92 Å². The van der Waals surface area contributed by atoms with E-state index in [9.17, 15) is 39.6 Å². The van der Waals surface area contributed by atoms with Crippen LogP contribution in [0.4, 0.5) is 32.0 Å². The molecule has 22 heavy (non-hydrogen) atoms. The molecule has 0 aliphatic heterocycles. The summed E-state index contributed by atoms with van der Waals surface area (Å²) in [6.45, 7) is 0. The Hall–Kier alpha value is -1.98. The van der Waals surface area contributed by atoms with Crippen molar-refractivity contribution in [1.29, 1.82) is 0 Å². The minimum absolute atomic E-state index is 0.105. The fraction of sp³-hybridized carbons (Fsp3) is 0.300. The van der Waals surface area contributed by atoms with Crippen molar-refractivity contribution >= 4 is 21.6 Å². The summed E-state index contributed by atoms with van der Waals surface area (Å²) in [4.78, 5) is 10.4. The van der Waals surface area contributed by atoms with Gasteiger partial charge in [-0.25, -0.2) is 13.1 Å². The van der Waals surface area contributed by atoms with E-state index < -0.39 is 39.1 Å². The topological polar surface area (TPSA) is 89.3 Å². The summed E-state index contributed by atoms with van der Waals surface area (Å²) in [6.07, 6.45) is -12.0. The standard InChI is InChI=1S/C10H8F6N2O3S/c11-9(12,13)7(10(14,15)16)8(19)18-22(20,21)6-3-1-5(17)2-4-6/h1-4,7H,17H2,(H,18,19). The van der Waals surface area contributed by atoms with Crippen LogP contribution in [0.5, 0.6) is 0 Å². The van der Waals surface area contributed by atoms with Crippen LogP contribution in [0.1, 0.15) is 0 Å². The monoisotopic (exact) mass is 350 g/mol. The highest BCUT2D eigenvalue weighted by Crippen LogP contribution is 2.39. The number of rotatable bonds is 3. The number of benzene rings is 1. The molecule has 12 heteroatoms. The normalized spacial score (nSPS) is 13.2. The zero-order valence-corrected chi connectivity index (χ0v) is 11.2. The average molecular weight is 350 g/mol. The number of halogens is 6. The van der Waals surface area contributed by atoms with Crippen molar-refractivity contribution in [1.82, 2.24) is 4.72 Å². The predicted molar refractivity (Wildman–Crippen MR) is 61.8 cm³/mol. The van der Waals surface area contributed by atoms with E-state index in [1.165, 1.54) is 0 Å². The quantitative estimate of drug-likeness (QED) is 0.643. The van der Waals surface area contributed by atoms with Gasteiger partial charge in [-0.2, -0.15) is 26.3 Å². The van der Waals surface area contributed by atoms with E-state index in [0.717, 1.165) is 29.0 Å². The minimum atomic E-state index is -5.99. The smallest absolute Gasteiger partial charge is 0.399 e. The van der Waals surface area contributed by atoms with Crippen LogP contribution in [0.2, 0.25) is 0 Å². The molecule has 124 valence electrons. The van der Waals surface area contributed by atoms with E-state index in [1.54, 1.807) is 0 Å². The summed E-state index contributed by atoms with van der Waals surface area (Å²) in [5.74, 6) is -7.19. The van der Waals surface area contributed by atoms with Crippen LogP contribution in [-0.2, 0) is 14.8 Å². The van der Waals surface area contributed by atoms with Gasteiger partial charge in [-0.15, -0.1) is 0 Å². The molecule has 0 unspecified atom stereocenters. The maximum absolute atomic E-state index is 12.3. The summed E-state index contributed by atoms with van der Waals surface area (Å²) in [6, 6.07) is 3.73. The van der Waals surface area contributed by atoms with E-state index in [2.05, 4.69) is 0 Å². The number of nitrogens with two attached hydrogens (primary N) is 1. The molecule has 0 spiro atoms. The van der Waals surface area contributed by atoms with Crippen molar-refractivity contribution in [2.45, 2.75) is 17.2 Å². The van der Waals surface area contributed by atoms with Gasteiger partial charge in [0.1, 0.15) is 0 Å². The SMILES string of the molecule is Nc1ccc(S(=O)(=O)NC(=O)C(C(F)(F)F)C(F)(F)F)cc1. The number of amides is 1. The predicted octanol–water partition coefficient (Wildman–Crippen LogP) is 1.81. The summed E-state index contributed by atoms with van der Waals surface area (Å²) in [7, 11) is -4.90. The van der Waals surface area contributed by atoms with Gasteiger partial charge in [0.15, 0.2) is 0 Å². The number of hydrogen-bond donors (Lipinski definition) is 2. The first-order valence-electron chi connectivity index (χ1n) is 5.31. The van der Waals surface area contributed by atoms with Crippen LogP contribution >= 0.6 is 0 Å². The lowest BCUT2D eigenvalue weighted by molar-refractivity contribution is -0.273. The van der Waals surface area contributed by atoms with Crippen LogP contribution in [-0.4, -0.2) is 26.7 Å². The number of hydrogen-bond acceptors (Lipinski definition) is 4. The Bertz CT molecular complexity index is 637. The number of nitrogens with one attached hydrogen (secondary N) is 1. The van der Waals surface area contributed by atoms with Gasteiger partial charge in [-0.3, -0.25) is 4.79 Å². The second-order valence-corrected chi connectivity index (χ2v) is 5.74. The molecule has 1 amide bonds. The molecule has 3 N–H and O–H groups in total. The van der Waals surface area contributed by atoms with Gasteiger partial charge in [0.25, 0.3) is 15.9 Å². The van der Waals surface area contributed by atoms with Crippen LogP contribution in [0.15, 0.2) is 29.2 Å². The van der Waals surface area contributed by atoms with Gasteiger partial charge in [0.05, 0.1) is 4.90 Å². The van der Waals surface area contributed by atoms with Gasteiger partial charge in [-0.05, 0) is 24.3 Å². The molecule has 1 aromatic carbocycles. The number of sulfonamides is 1. The zero-order chi connectivity index (χ0) is 17.3. The number of anilines is 1. The molecule has 5 nitrogen and oxygen atoms in total. The Morgan fingerprint density at radius 2 is 1.41 bits per heavy atom. The second kappa shape index (κ2) is 5.66. The average Bonchev–Trinajstić information content (AvgIpc) is 2.23. The van der Waals surface area contributed by atoms with E-state index in [4.69, 9.17) is 5.73 Å². The Morgan fingerprint density at radius 1 is 1.00 bits per heavy atom. The third-order valence-electron chi connectivity index (χ3n) is 2.34. The second-order valence-electron chi connectivity index (χ2n) is 4.06. The largest absolute Gasteiger partial charge is 0.409 e. The van der Waals surface area contributed by atoms with Crippen molar-refractivity contribution in [3.05, 3.63) is 24.3 Å². The van der Waals surface area contributed by atoms with E-state index in [1.807, 2.05) is 0 Å². The lowest BCUT2D eigenvalue weighted by Gasteiger charge is -2.21. The molecule has 1 aromatic rings. The van der Waals surface area contributed by atoms with Gasteiger partial charge >= 0.3 is 12.4 Å². The molecule has 0 saturated heterocycles. The maximum Gasteiger partial charge on any atom is 0.409 e. The first-order chi connectivity index (χ1) is 9.75. The number of carbonyl (C=O) groups is 1. The van der Waals surface area contributed by atoms with Gasteiger partial charge < -0.3 is 5.73 Å². The fourth-order valence-corrected chi connectivity index (χ4v) is 2.38. The molecule has 0 radical (unpaired) electrons. The van der Waals surface area contributed by atoms with Crippen LogP contribution in [0.3, 0.4) is 0 Å². The van der Waals surface area contributed by atoms with Crippen molar-refractivity contribution in [2.24, 2.45) is 5.92 Å². The van der Waals surface area contributed by atoms with E-state index in [-0.39, 0.29) is 5.69 Å². The van der Waals surface area contributed by atoms with E-state index in [0.29, 0.717) is 0 Å². The van der Waals surface area contributed by atoms with Gasteiger partial charge in [0, 0.05) is 5.69 Å². The van der Waals surface area contributed by atoms with Crippen molar-refractivity contribution in [3.8, 4) is 0 Å². The lowest BCUT2D eigenvalue weighted by Crippen LogP contribution is -2.49. The van der Waals surface area contributed by atoms with Crippen LogP contribution < -0.4 is 10.5 Å². The number of nitrogen functional groups attached to an aromatic ring is 1. The molecule has 0 aromatic heterocycles. The maximum atomic E-state index is 12.3. The highest BCUT2D eigenvalue weighted by atomic mass is 32.2. The Morgan fingerprint density at radius 3 is 1.77 bits per heavy atom. The van der Waals surface area contributed by atoms with Gasteiger partial charge in [-0.1, -0.05) is 0 Å². The third kappa shape index (κ3) is 4.26. The molecule has 0 saturated carbocycles. The lowest BCUT2D eigenvalue weighted by atomic mass is 10.1. The molecule has 0 aliphatic rings. The Balaban J connectivity index is 3.11. The fourth-order valence-electron chi connectivity index (χ4n) is 1.38. The number of carbonyl (C=O) groups excluding carboxylic acids is 1. The Labute approximate surface area is 120 Å². The third-order valence-corrected chi connectivity index (χ3v) is 3.70. The molecule has 1 rings (SSSR count). The zero-order valence-electron chi connectivity index (χ0n) is 10.4. The first kappa shape index (κ1) is 18.1.